The number of aromatic nitrogens is 2. The van der Waals surface area contributed by atoms with Gasteiger partial charge in [0.05, 0.1) is 21.5 Å². The van der Waals surface area contributed by atoms with Crippen LogP contribution in [-0.4, -0.2) is 20.7 Å². The van der Waals surface area contributed by atoms with Crippen molar-refractivity contribution in [3.05, 3.63) is 69.9 Å². The van der Waals surface area contributed by atoms with E-state index < -0.39 is 5.41 Å². The van der Waals surface area contributed by atoms with Crippen molar-refractivity contribution < 1.29 is 9.72 Å². The van der Waals surface area contributed by atoms with Crippen LogP contribution in [0.15, 0.2) is 48.5 Å². The lowest BCUT2D eigenvalue weighted by Gasteiger charge is -2.30. The van der Waals surface area contributed by atoms with Crippen molar-refractivity contribution >= 4 is 33.4 Å². The fraction of sp³-hybridized carbons (Fsp3) is 0.217. The Morgan fingerprint density at radius 3 is 2.52 bits per heavy atom. The number of Topliss-reactive ketones (excluding diaryl/α,β-unsaturated/α-hetero) is 1. The second kappa shape index (κ2) is 5.98. The molecule has 0 saturated heterocycles. The lowest BCUT2D eigenvalue weighted by molar-refractivity contribution is -0.383. The van der Waals surface area contributed by atoms with Crippen molar-refractivity contribution in [2.24, 2.45) is 5.41 Å². The number of fused-ring (bicyclic) bond motifs is 4. The van der Waals surface area contributed by atoms with Gasteiger partial charge in [0.2, 0.25) is 0 Å². The largest absolute Gasteiger partial charge is 0.339 e. The molecule has 6 nitrogen and oxygen atoms in total. The fourth-order valence-electron chi connectivity index (χ4n) is 4.36. The molecule has 0 radical (unpaired) electrons. The first-order chi connectivity index (χ1) is 13.9. The summed E-state index contributed by atoms with van der Waals surface area (Å²) >= 11 is 0. The van der Waals surface area contributed by atoms with Gasteiger partial charge in [-0.05, 0) is 24.5 Å². The number of H-pyrrole nitrogens is 1. The summed E-state index contributed by atoms with van der Waals surface area (Å²) in [4.78, 5) is 32.9. The first-order valence-corrected chi connectivity index (χ1v) is 9.60. The quantitative estimate of drug-likeness (QED) is 0.367. The molecular weight excluding hydrogens is 366 g/mol. The Morgan fingerprint density at radius 1 is 1.03 bits per heavy atom. The maximum atomic E-state index is 13.5. The number of pyridine rings is 1. The van der Waals surface area contributed by atoms with Crippen LogP contribution < -0.4 is 0 Å². The van der Waals surface area contributed by atoms with Gasteiger partial charge >= 0.3 is 0 Å². The van der Waals surface area contributed by atoms with Crippen molar-refractivity contribution in [3.8, 4) is 11.1 Å². The Morgan fingerprint density at radius 2 is 1.79 bits per heavy atom. The molecule has 0 amide bonds. The van der Waals surface area contributed by atoms with Crippen LogP contribution in [0, 0.1) is 15.5 Å². The van der Waals surface area contributed by atoms with Gasteiger partial charge in [0, 0.05) is 28.0 Å². The van der Waals surface area contributed by atoms with E-state index in [2.05, 4.69) is 4.98 Å². The first kappa shape index (κ1) is 17.6. The number of hydrogen-bond donors (Lipinski definition) is 1. The Balaban J connectivity index is 2.03. The van der Waals surface area contributed by atoms with Gasteiger partial charge < -0.3 is 4.98 Å². The standard InChI is InChI=1S/C23H19N3O3/c1-23(2)12-11-15-19(21(23)27)17(13-7-4-3-5-8-13)20-18-14(24-22(20)25-15)9-6-10-16(18)26(28)29/h3-10H,11-12H2,1-2H3,(H,24,25). The van der Waals surface area contributed by atoms with Gasteiger partial charge in [-0.2, -0.15) is 0 Å². The van der Waals surface area contributed by atoms with Crippen LogP contribution in [0.4, 0.5) is 5.69 Å². The summed E-state index contributed by atoms with van der Waals surface area (Å²) in [5.74, 6) is 0.0416. The molecular formula is C23H19N3O3. The highest BCUT2D eigenvalue weighted by molar-refractivity contribution is 6.22. The zero-order valence-electron chi connectivity index (χ0n) is 16.2. The van der Waals surface area contributed by atoms with E-state index in [1.165, 1.54) is 6.07 Å². The molecule has 0 atom stereocenters. The molecule has 6 heteroatoms. The van der Waals surface area contributed by atoms with Crippen molar-refractivity contribution in [2.75, 3.05) is 0 Å². The molecule has 0 unspecified atom stereocenters. The SMILES string of the molecule is CC1(C)CCc2nc3[nH]c4cccc([N+](=O)[O-])c4c3c(-c3ccccc3)c2C1=O. The number of rotatable bonds is 2. The van der Waals surface area contributed by atoms with Gasteiger partial charge in [0.1, 0.15) is 5.65 Å². The predicted octanol–water partition coefficient (Wildman–Crippen LogP) is 5.45. The highest BCUT2D eigenvalue weighted by Gasteiger charge is 2.38. The molecule has 2 heterocycles. The van der Waals surface area contributed by atoms with Gasteiger partial charge in [0.15, 0.2) is 5.78 Å². The molecule has 29 heavy (non-hydrogen) atoms. The third-order valence-electron chi connectivity index (χ3n) is 5.91. The molecule has 0 saturated carbocycles. The molecule has 5 rings (SSSR count). The minimum atomic E-state index is -0.496. The van der Waals surface area contributed by atoms with Crippen LogP contribution in [-0.2, 0) is 6.42 Å². The first-order valence-electron chi connectivity index (χ1n) is 9.60. The monoisotopic (exact) mass is 385 g/mol. The number of nitro groups is 1. The molecule has 2 aromatic carbocycles. The molecule has 0 aliphatic heterocycles. The van der Waals surface area contributed by atoms with Crippen LogP contribution >= 0.6 is 0 Å². The van der Waals surface area contributed by atoms with Gasteiger partial charge in [-0.25, -0.2) is 4.98 Å². The molecule has 2 aromatic heterocycles. The Labute approximate surface area is 166 Å². The lowest BCUT2D eigenvalue weighted by Crippen LogP contribution is -2.31. The molecule has 1 aliphatic rings. The van der Waals surface area contributed by atoms with Crippen molar-refractivity contribution in [3.63, 3.8) is 0 Å². The zero-order valence-corrected chi connectivity index (χ0v) is 16.2. The van der Waals surface area contributed by atoms with E-state index >= 15 is 0 Å². The molecule has 1 aliphatic carbocycles. The van der Waals surface area contributed by atoms with Crippen molar-refractivity contribution in [2.45, 2.75) is 26.7 Å². The topological polar surface area (TPSA) is 88.9 Å². The number of ketones is 1. The Hall–Kier alpha value is -3.54. The zero-order chi connectivity index (χ0) is 20.3. The maximum absolute atomic E-state index is 13.5. The van der Waals surface area contributed by atoms with Gasteiger partial charge in [-0.15, -0.1) is 0 Å². The van der Waals surface area contributed by atoms with Gasteiger partial charge in [0.25, 0.3) is 5.69 Å². The highest BCUT2D eigenvalue weighted by Crippen LogP contribution is 2.45. The number of aryl methyl sites for hydroxylation is 1. The summed E-state index contributed by atoms with van der Waals surface area (Å²) in [5.41, 5.74) is 3.70. The average molecular weight is 385 g/mol. The van der Waals surface area contributed by atoms with Crippen LogP contribution in [0.1, 0.15) is 36.3 Å². The summed E-state index contributed by atoms with van der Waals surface area (Å²) in [6.45, 7) is 3.91. The lowest BCUT2D eigenvalue weighted by atomic mass is 9.72. The van der Waals surface area contributed by atoms with Crippen LogP contribution in [0.25, 0.3) is 33.1 Å². The maximum Gasteiger partial charge on any atom is 0.279 e. The van der Waals surface area contributed by atoms with E-state index in [4.69, 9.17) is 4.98 Å². The highest BCUT2D eigenvalue weighted by atomic mass is 16.6. The second-order valence-electron chi connectivity index (χ2n) is 8.19. The molecule has 0 fully saturated rings. The van der Waals surface area contributed by atoms with E-state index in [1.807, 2.05) is 50.2 Å². The number of benzene rings is 2. The summed E-state index contributed by atoms with van der Waals surface area (Å²) in [7, 11) is 0. The van der Waals surface area contributed by atoms with Gasteiger partial charge in [-0.3, -0.25) is 14.9 Å². The Kier molecular flexibility index (Phi) is 3.62. The third kappa shape index (κ3) is 2.49. The molecule has 4 aromatic rings. The van der Waals surface area contributed by atoms with Gasteiger partial charge in [-0.1, -0.05) is 50.2 Å². The molecule has 0 spiro atoms. The number of carbonyl (C=O) groups is 1. The Bertz CT molecular complexity index is 1320. The van der Waals surface area contributed by atoms with E-state index in [1.54, 1.807) is 6.07 Å². The van der Waals surface area contributed by atoms with Crippen LogP contribution in [0.5, 0.6) is 0 Å². The van der Waals surface area contributed by atoms with E-state index in [0.29, 0.717) is 33.9 Å². The number of nitrogens with zero attached hydrogens (tertiary/aromatic N) is 2. The summed E-state index contributed by atoms with van der Waals surface area (Å²) < 4.78 is 0. The van der Waals surface area contributed by atoms with E-state index in [0.717, 1.165) is 23.2 Å². The molecule has 1 N–H and O–H groups in total. The number of carbonyl (C=O) groups excluding carboxylic acids is 1. The molecule has 0 bridgehead atoms. The number of aromatic amines is 1. The predicted molar refractivity (Wildman–Crippen MR) is 112 cm³/mol. The smallest absolute Gasteiger partial charge is 0.279 e. The van der Waals surface area contributed by atoms with Crippen LogP contribution in [0.3, 0.4) is 0 Å². The number of non-ortho nitro benzene ring substituents is 1. The van der Waals surface area contributed by atoms with Crippen molar-refractivity contribution in [1.29, 1.82) is 0 Å². The number of hydrogen-bond acceptors (Lipinski definition) is 4. The number of nitro benzene ring substituents is 1. The minimum absolute atomic E-state index is 0.00944. The van der Waals surface area contributed by atoms with Crippen LogP contribution in [0.2, 0.25) is 0 Å². The number of nitrogens with one attached hydrogen (secondary N) is 1. The average Bonchev–Trinajstić information content (AvgIpc) is 3.08. The minimum Gasteiger partial charge on any atom is -0.339 e. The summed E-state index contributed by atoms with van der Waals surface area (Å²) in [6, 6.07) is 14.6. The normalized spacial score (nSPS) is 15.6. The third-order valence-corrected chi connectivity index (χ3v) is 5.91. The second-order valence-corrected chi connectivity index (χ2v) is 8.19. The van der Waals surface area contributed by atoms with E-state index in [-0.39, 0.29) is 16.4 Å². The summed E-state index contributed by atoms with van der Waals surface area (Å²) in [5, 5.41) is 12.9. The fourth-order valence-corrected chi connectivity index (χ4v) is 4.36. The van der Waals surface area contributed by atoms with E-state index in [9.17, 15) is 14.9 Å². The van der Waals surface area contributed by atoms with Crippen molar-refractivity contribution in [1.82, 2.24) is 9.97 Å². The molecule has 144 valence electrons. The summed E-state index contributed by atoms with van der Waals surface area (Å²) in [6.07, 6.45) is 1.42.